The van der Waals surface area contributed by atoms with E-state index in [0.717, 1.165) is 6.26 Å². The summed E-state index contributed by atoms with van der Waals surface area (Å²) in [5.74, 6) is 1.12. The van der Waals surface area contributed by atoms with Gasteiger partial charge in [-0.2, -0.15) is 9.29 Å². The van der Waals surface area contributed by atoms with Crippen molar-refractivity contribution in [2.75, 3.05) is 33.0 Å². The minimum Gasteiger partial charge on any atom is -0.481 e. The molecule has 27 heavy (non-hydrogen) atoms. The summed E-state index contributed by atoms with van der Waals surface area (Å²) in [6, 6.07) is 2.97. The summed E-state index contributed by atoms with van der Waals surface area (Å²) in [5, 5.41) is 3.78. The molecule has 0 aliphatic carbocycles. The number of rotatable bonds is 7. The smallest absolute Gasteiger partial charge is 0.255 e. The third-order valence-corrected chi connectivity index (χ3v) is 5.63. The number of hydrogen-bond acceptors (Lipinski definition) is 8. The lowest BCUT2D eigenvalue weighted by Crippen LogP contribution is -2.62. The number of aryl methyl sites for hydroxylation is 1. The Morgan fingerprint density at radius 3 is 2.67 bits per heavy atom. The number of likely N-dealkylation sites (tertiary alicyclic amines) is 1. The van der Waals surface area contributed by atoms with Crippen molar-refractivity contribution in [2.24, 2.45) is 0 Å². The Bertz CT molecular complexity index is 906. The Kier molecular flexibility index (Phi) is 5.42. The molecule has 11 heteroatoms. The highest BCUT2D eigenvalue weighted by molar-refractivity contribution is 7.88. The van der Waals surface area contributed by atoms with E-state index in [1.54, 1.807) is 24.0 Å². The highest BCUT2D eigenvalue weighted by atomic mass is 32.2. The van der Waals surface area contributed by atoms with E-state index in [1.165, 1.54) is 17.6 Å². The van der Waals surface area contributed by atoms with Gasteiger partial charge in [0.15, 0.2) is 5.82 Å². The predicted molar refractivity (Wildman–Crippen MR) is 94.8 cm³/mol. The van der Waals surface area contributed by atoms with Gasteiger partial charge in [-0.25, -0.2) is 13.4 Å². The normalized spacial score (nSPS) is 15.0. The average Bonchev–Trinajstić information content (AvgIpc) is 3.00. The summed E-state index contributed by atoms with van der Waals surface area (Å²) < 4.78 is 35.5. The summed E-state index contributed by atoms with van der Waals surface area (Å²) in [7, 11) is -1.93. The number of nitrogens with zero attached hydrogens (tertiary/aromatic N) is 5. The van der Waals surface area contributed by atoms with Gasteiger partial charge in [-0.15, -0.1) is 0 Å². The van der Waals surface area contributed by atoms with Crippen LogP contribution in [0.3, 0.4) is 0 Å². The van der Waals surface area contributed by atoms with Crippen LogP contribution in [0.5, 0.6) is 5.88 Å². The minimum absolute atomic E-state index is 0.191. The van der Waals surface area contributed by atoms with Crippen molar-refractivity contribution in [3.8, 4) is 5.88 Å². The van der Waals surface area contributed by atoms with E-state index in [4.69, 9.17) is 9.26 Å². The molecule has 3 rings (SSSR count). The van der Waals surface area contributed by atoms with Gasteiger partial charge in [-0.05, 0) is 6.07 Å². The second-order valence-corrected chi connectivity index (χ2v) is 8.24. The van der Waals surface area contributed by atoms with Crippen molar-refractivity contribution >= 4 is 15.9 Å². The number of methoxy groups -OCH3 is 1. The molecule has 1 aliphatic rings. The monoisotopic (exact) mass is 395 g/mol. The van der Waals surface area contributed by atoms with Gasteiger partial charge >= 0.3 is 0 Å². The third kappa shape index (κ3) is 4.42. The molecule has 0 saturated carbocycles. The highest BCUT2D eigenvalue weighted by Crippen LogP contribution is 2.21. The molecular weight excluding hydrogens is 374 g/mol. The Morgan fingerprint density at radius 2 is 2.15 bits per heavy atom. The number of pyridine rings is 1. The molecule has 0 N–H and O–H groups in total. The molecule has 0 spiro atoms. The van der Waals surface area contributed by atoms with Crippen LogP contribution in [0, 0.1) is 6.92 Å². The average molecular weight is 395 g/mol. The quantitative estimate of drug-likeness (QED) is 0.648. The molecule has 1 fully saturated rings. The molecule has 10 nitrogen and oxygen atoms in total. The maximum Gasteiger partial charge on any atom is 0.255 e. The molecule has 1 aliphatic heterocycles. The molecule has 1 amide bonds. The summed E-state index contributed by atoms with van der Waals surface area (Å²) in [6.45, 7) is 2.55. The van der Waals surface area contributed by atoms with Crippen LogP contribution in [0.1, 0.15) is 22.1 Å². The maximum atomic E-state index is 12.5. The van der Waals surface area contributed by atoms with E-state index in [9.17, 15) is 13.2 Å². The fourth-order valence-corrected chi connectivity index (χ4v) is 3.98. The lowest BCUT2D eigenvalue weighted by atomic mass is 10.1. The van der Waals surface area contributed by atoms with E-state index >= 15 is 0 Å². The fraction of sp³-hybridized carbons (Fsp3) is 0.500. The number of ether oxygens (including phenoxy) is 1. The molecule has 2 aromatic heterocycles. The fourth-order valence-electron chi connectivity index (χ4n) is 2.89. The molecule has 146 valence electrons. The zero-order valence-corrected chi connectivity index (χ0v) is 16.1. The van der Waals surface area contributed by atoms with E-state index in [1.807, 2.05) is 0 Å². The topological polar surface area (TPSA) is 119 Å². The van der Waals surface area contributed by atoms with E-state index in [2.05, 4.69) is 15.1 Å². The van der Waals surface area contributed by atoms with E-state index < -0.39 is 10.0 Å². The lowest BCUT2D eigenvalue weighted by Gasteiger charge is -2.44. The van der Waals surface area contributed by atoms with Crippen LogP contribution >= 0.6 is 0 Å². The Morgan fingerprint density at radius 1 is 1.41 bits per heavy atom. The van der Waals surface area contributed by atoms with Gasteiger partial charge in [0.2, 0.25) is 21.8 Å². The van der Waals surface area contributed by atoms with Crippen molar-refractivity contribution in [1.29, 1.82) is 0 Å². The van der Waals surface area contributed by atoms with Crippen molar-refractivity contribution in [3.63, 3.8) is 0 Å². The van der Waals surface area contributed by atoms with Crippen LogP contribution in [0.25, 0.3) is 0 Å². The zero-order chi connectivity index (χ0) is 19.6. The molecule has 0 radical (unpaired) electrons. The molecule has 1 saturated heterocycles. The molecule has 0 atom stereocenters. The van der Waals surface area contributed by atoms with Crippen LogP contribution in [-0.2, 0) is 16.4 Å². The van der Waals surface area contributed by atoms with Crippen LogP contribution in [0.4, 0.5) is 0 Å². The van der Waals surface area contributed by atoms with Crippen molar-refractivity contribution in [3.05, 3.63) is 35.6 Å². The van der Waals surface area contributed by atoms with E-state index in [0.29, 0.717) is 42.7 Å². The first-order valence-corrected chi connectivity index (χ1v) is 10.2. The summed E-state index contributed by atoms with van der Waals surface area (Å²) >= 11 is 0. The first-order valence-electron chi connectivity index (χ1n) is 8.33. The summed E-state index contributed by atoms with van der Waals surface area (Å²) in [4.78, 5) is 22.2. The molecular formula is C16H21N5O5S. The number of sulfonamides is 1. The third-order valence-electron chi connectivity index (χ3n) is 4.30. The number of hydrogen-bond donors (Lipinski definition) is 0. The zero-order valence-electron chi connectivity index (χ0n) is 15.3. The van der Waals surface area contributed by atoms with Gasteiger partial charge in [0.1, 0.15) is 0 Å². The standard InChI is InChI=1S/C16H21N5O5S/c1-11-18-14(19-26-11)6-7-21(27(3,23)24)13-9-20(10-13)16(22)12-4-5-15(25-2)17-8-12/h4-5,8,13H,6-7,9-10H2,1-3H3. The molecule has 2 aromatic rings. The Balaban J connectivity index is 1.60. The van der Waals surface area contributed by atoms with Gasteiger partial charge in [-0.3, -0.25) is 4.79 Å². The Hall–Kier alpha value is -2.53. The first-order chi connectivity index (χ1) is 12.8. The molecule has 0 bridgehead atoms. The van der Waals surface area contributed by atoms with E-state index in [-0.39, 0.29) is 18.5 Å². The SMILES string of the molecule is COc1ccc(C(=O)N2CC(N(CCc3noc(C)n3)S(C)(=O)=O)C2)cn1. The number of carbonyl (C=O) groups excluding carboxylic acids is 1. The predicted octanol–water partition coefficient (Wildman–Crippen LogP) is 0.110. The van der Waals surface area contributed by atoms with Crippen molar-refractivity contribution < 1.29 is 22.5 Å². The minimum atomic E-state index is -3.43. The van der Waals surface area contributed by atoms with Crippen molar-refractivity contribution in [1.82, 2.24) is 24.3 Å². The Labute approximate surface area is 157 Å². The molecule has 0 aromatic carbocycles. The second kappa shape index (κ2) is 7.61. The van der Waals surface area contributed by atoms with Gasteiger partial charge in [0.25, 0.3) is 5.91 Å². The lowest BCUT2D eigenvalue weighted by molar-refractivity contribution is 0.0453. The largest absolute Gasteiger partial charge is 0.481 e. The number of amides is 1. The van der Waals surface area contributed by atoms with Gasteiger partial charge in [0.05, 0.1) is 25.0 Å². The molecule has 0 unspecified atom stereocenters. The highest BCUT2D eigenvalue weighted by Gasteiger charge is 2.39. The van der Waals surface area contributed by atoms with Gasteiger partial charge in [0, 0.05) is 45.2 Å². The van der Waals surface area contributed by atoms with Crippen LogP contribution < -0.4 is 4.74 Å². The second-order valence-electron chi connectivity index (χ2n) is 6.31. The summed E-state index contributed by atoms with van der Waals surface area (Å²) in [6.07, 6.45) is 2.95. The van der Waals surface area contributed by atoms with Gasteiger partial charge in [-0.1, -0.05) is 5.16 Å². The van der Waals surface area contributed by atoms with Crippen LogP contribution in [0.15, 0.2) is 22.9 Å². The first kappa shape index (κ1) is 19.2. The molecule has 3 heterocycles. The number of carbonyl (C=O) groups is 1. The number of aromatic nitrogens is 3. The van der Waals surface area contributed by atoms with Crippen LogP contribution in [0.2, 0.25) is 0 Å². The van der Waals surface area contributed by atoms with Crippen molar-refractivity contribution in [2.45, 2.75) is 19.4 Å². The maximum absolute atomic E-state index is 12.5. The van der Waals surface area contributed by atoms with Gasteiger partial charge < -0.3 is 14.2 Å². The van der Waals surface area contributed by atoms with Crippen LogP contribution in [-0.4, -0.2) is 77.7 Å². The summed E-state index contributed by atoms with van der Waals surface area (Å²) in [5.41, 5.74) is 0.433.